The maximum Gasteiger partial charge on any atom is 0.255 e. The molecule has 0 radical (unpaired) electrons. The number of benzene rings is 3. The molecule has 0 bridgehead atoms. The van der Waals surface area contributed by atoms with Crippen molar-refractivity contribution in [1.29, 1.82) is 0 Å². The van der Waals surface area contributed by atoms with E-state index in [4.69, 9.17) is 16.0 Å². The highest BCUT2D eigenvalue weighted by Crippen LogP contribution is 2.26. The predicted octanol–water partition coefficient (Wildman–Crippen LogP) is 5.50. The van der Waals surface area contributed by atoms with Crippen molar-refractivity contribution in [3.8, 4) is 11.3 Å². The maximum absolute atomic E-state index is 14.0. The minimum atomic E-state index is -0.475. The van der Waals surface area contributed by atoms with Gasteiger partial charge in [0, 0.05) is 22.3 Å². The number of anilines is 1. The minimum Gasteiger partial charge on any atom is -0.456 e. The van der Waals surface area contributed by atoms with Crippen LogP contribution in [0.2, 0.25) is 5.02 Å². The molecule has 1 heterocycles. The van der Waals surface area contributed by atoms with Gasteiger partial charge >= 0.3 is 0 Å². The third-order valence-corrected chi connectivity index (χ3v) is 4.48. The molecule has 4 aromatic rings. The van der Waals surface area contributed by atoms with Gasteiger partial charge in [0.25, 0.3) is 5.91 Å². The molecule has 4 nitrogen and oxygen atoms in total. The largest absolute Gasteiger partial charge is 0.456 e. The van der Waals surface area contributed by atoms with Crippen molar-refractivity contribution < 1.29 is 13.6 Å². The Balaban J connectivity index is 1.68. The molecule has 0 unspecified atom stereocenters. The number of rotatable bonds is 3. The van der Waals surface area contributed by atoms with Gasteiger partial charge in [-0.15, -0.1) is 0 Å². The molecular formula is C22H13ClFNO3. The third-order valence-electron chi connectivity index (χ3n) is 4.23. The second-order valence-electron chi connectivity index (χ2n) is 6.13. The van der Waals surface area contributed by atoms with Crippen LogP contribution in [-0.4, -0.2) is 5.91 Å². The highest BCUT2D eigenvalue weighted by atomic mass is 35.5. The molecule has 3 aromatic carbocycles. The Hall–Kier alpha value is -3.44. The molecule has 0 fully saturated rings. The van der Waals surface area contributed by atoms with Gasteiger partial charge in [0.2, 0.25) is 0 Å². The highest BCUT2D eigenvalue weighted by Gasteiger charge is 2.12. The van der Waals surface area contributed by atoms with E-state index >= 15 is 0 Å². The van der Waals surface area contributed by atoms with Crippen LogP contribution in [0.1, 0.15) is 10.4 Å². The Morgan fingerprint density at radius 2 is 1.71 bits per heavy atom. The number of carbonyl (C=O) groups excluding carboxylic acids is 1. The molecule has 1 aromatic heterocycles. The monoisotopic (exact) mass is 393 g/mol. The summed E-state index contributed by atoms with van der Waals surface area (Å²) in [5, 5.41) is 3.55. The van der Waals surface area contributed by atoms with Gasteiger partial charge in [-0.2, -0.15) is 0 Å². The summed E-state index contributed by atoms with van der Waals surface area (Å²) in [5.74, 6) is -0.659. The Bertz CT molecular complexity index is 1250. The molecular weight excluding hydrogens is 381 g/mol. The normalized spacial score (nSPS) is 10.8. The van der Waals surface area contributed by atoms with Gasteiger partial charge in [0.15, 0.2) is 5.43 Å². The zero-order chi connectivity index (χ0) is 19.7. The van der Waals surface area contributed by atoms with Gasteiger partial charge < -0.3 is 9.73 Å². The van der Waals surface area contributed by atoms with E-state index in [1.807, 2.05) is 0 Å². The van der Waals surface area contributed by atoms with E-state index in [0.29, 0.717) is 21.9 Å². The molecule has 0 saturated heterocycles. The molecule has 0 atom stereocenters. The molecule has 138 valence electrons. The molecule has 0 aliphatic carbocycles. The smallest absolute Gasteiger partial charge is 0.255 e. The number of nitrogens with one attached hydrogen (secondary N) is 1. The van der Waals surface area contributed by atoms with Crippen molar-refractivity contribution in [2.45, 2.75) is 0 Å². The van der Waals surface area contributed by atoms with Gasteiger partial charge in [0.1, 0.15) is 17.2 Å². The van der Waals surface area contributed by atoms with Gasteiger partial charge in [-0.25, -0.2) is 4.39 Å². The van der Waals surface area contributed by atoms with Crippen molar-refractivity contribution in [3.05, 3.63) is 99.4 Å². The fourth-order valence-electron chi connectivity index (χ4n) is 2.83. The van der Waals surface area contributed by atoms with Crippen LogP contribution < -0.4 is 10.7 Å². The highest BCUT2D eigenvalue weighted by molar-refractivity contribution is 6.30. The fraction of sp³-hybridized carbons (Fsp3) is 0. The van der Waals surface area contributed by atoms with E-state index < -0.39 is 5.82 Å². The third kappa shape index (κ3) is 3.52. The number of fused-ring (bicyclic) bond motifs is 1. The minimum absolute atomic E-state index is 0.147. The zero-order valence-corrected chi connectivity index (χ0v) is 15.2. The first-order valence-electron chi connectivity index (χ1n) is 8.41. The molecule has 0 aliphatic rings. The van der Waals surface area contributed by atoms with Gasteiger partial charge in [-0.05, 0) is 54.6 Å². The van der Waals surface area contributed by atoms with Crippen LogP contribution in [0.5, 0.6) is 0 Å². The molecule has 28 heavy (non-hydrogen) atoms. The van der Waals surface area contributed by atoms with Crippen LogP contribution in [0.4, 0.5) is 10.1 Å². The lowest BCUT2D eigenvalue weighted by Gasteiger charge is -2.08. The summed E-state index contributed by atoms with van der Waals surface area (Å²) in [6.45, 7) is 0. The zero-order valence-electron chi connectivity index (χ0n) is 14.4. The molecule has 0 aliphatic heterocycles. The van der Waals surface area contributed by atoms with Crippen LogP contribution in [0.15, 0.2) is 82.0 Å². The van der Waals surface area contributed by atoms with Crippen LogP contribution in [-0.2, 0) is 0 Å². The van der Waals surface area contributed by atoms with E-state index in [1.165, 1.54) is 18.2 Å². The molecule has 0 saturated carbocycles. The molecule has 4 rings (SSSR count). The quantitative estimate of drug-likeness (QED) is 0.499. The van der Waals surface area contributed by atoms with Crippen molar-refractivity contribution >= 4 is 34.2 Å². The average molecular weight is 394 g/mol. The summed E-state index contributed by atoms with van der Waals surface area (Å²) >= 11 is 5.83. The topological polar surface area (TPSA) is 59.3 Å². The predicted molar refractivity (Wildman–Crippen MR) is 107 cm³/mol. The second kappa shape index (κ2) is 7.29. The molecule has 0 spiro atoms. The number of hydrogen-bond donors (Lipinski definition) is 1. The molecule has 1 N–H and O–H groups in total. The number of carbonyl (C=O) groups is 1. The summed E-state index contributed by atoms with van der Waals surface area (Å²) in [6.07, 6.45) is 0. The Kier molecular flexibility index (Phi) is 4.67. The first-order chi connectivity index (χ1) is 13.5. The van der Waals surface area contributed by atoms with Crippen LogP contribution in [0, 0.1) is 5.82 Å². The van der Waals surface area contributed by atoms with Crippen LogP contribution in [0.25, 0.3) is 22.3 Å². The van der Waals surface area contributed by atoms with Crippen LogP contribution in [0.3, 0.4) is 0 Å². The van der Waals surface area contributed by atoms with Crippen molar-refractivity contribution in [2.75, 3.05) is 5.32 Å². The van der Waals surface area contributed by atoms with E-state index in [2.05, 4.69) is 5.32 Å². The summed E-state index contributed by atoms with van der Waals surface area (Å²) in [6, 6.07) is 18.5. The average Bonchev–Trinajstić information content (AvgIpc) is 2.69. The first kappa shape index (κ1) is 17.9. The molecule has 6 heteroatoms. The first-order valence-corrected chi connectivity index (χ1v) is 8.79. The summed E-state index contributed by atoms with van der Waals surface area (Å²) in [7, 11) is 0. The second-order valence-corrected chi connectivity index (χ2v) is 6.56. The van der Waals surface area contributed by atoms with Crippen molar-refractivity contribution in [1.82, 2.24) is 0 Å². The fourth-order valence-corrected chi connectivity index (χ4v) is 2.96. The lowest BCUT2D eigenvalue weighted by atomic mass is 10.1. The van der Waals surface area contributed by atoms with Crippen molar-refractivity contribution in [2.24, 2.45) is 0 Å². The van der Waals surface area contributed by atoms with E-state index in [9.17, 15) is 14.0 Å². The summed E-state index contributed by atoms with van der Waals surface area (Å²) in [4.78, 5) is 24.8. The Morgan fingerprint density at radius 1 is 0.964 bits per heavy atom. The van der Waals surface area contributed by atoms with Gasteiger partial charge in [0.05, 0.1) is 10.9 Å². The number of amides is 1. The molecule has 1 amide bonds. The van der Waals surface area contributed by atoms with Gasteiger partial charge in [-0.3, -0.25) is 9.59 Å². The van der Waals surface area contributed by atoms with E-state index in [0.717, 1.165) is 0 Å². The van der Waals surface area contributed by atoms with E-state index in [-0.39, 0.29) is 28.0 Å². The summed E-state index contributed by atoms with van der Waals surface area (Å²) in [5.41, 5.74) is 1.06. The van der Waals surface area contributed by atoms with E-state index in [1.54, 1.807) is 54.6 Å². The van der Waals surface area contributed by atoms with Crippen LogP contribution >= 0.6 is 11.6 Å². The lowest BCUT2D eigenvalue weighted by molar-refractivity contribution is 0.102. The number of hydrogen-bond acceptors (Lipinski definition) is 3. The number of halogens is 2. The SMILES string of the molecule is O=C(Nc1ccc2oc(-c3ccccc3F)cc(=O)c2c1)c1ccc(Cl)cc1. The van der Waals surface area contributed by atoms with Crippen molar-refractivity contribution in [3.63, 3.8) is 0 Å². The lowest BCUT2D eigenvalue weighted by Crippen LogP contribution is -2.12. The maximum atomic E-state index is 14.0. The van der Waals surface area contributed by atoms with Gasteiger partial charge in [-0.1, -0.05) is 23.7 Å². The Morgan fingerprint density at radius 3 is 2.46 bits per heavy atom. The Labute approximate surface area is 164 Å². The summed E-state index contributed by atoms with van der Waals surface area (Å²) < 4.78 is 19.7. The standard InChI is InChI=1S/C22H13ClFNO3/c23-14-7-5-13(6-8-14)22(27)25-15-9-10-20-17(11-15)19(26)12-21(28-20)16-3-1-2-4-18(16)24/h1-12H,(H,25,27).